The van der Waals surface area contributed by atoms with Gasteiger partial charge in [0.1, 0.15) is 17.3 Å². The maximum Gasteiger partial charge on any atom is 0.145 e. The van der Waals surface area contributed by atoms with Gasteiger partial charge < -0.3 is 16.0 Å². The molecule has 182 valence electrons. The summed E-state index contributed by atoms with van der Waals surface area (Å²) < 4.78 is 17.2. The van der Waals surface area contributed by atoms with Crippen LogP contribution < -0.4 is 11.1 Å². The largest absolute Gasteiger partial charge is 0.399 e. The van der Waals surface area contributed by atoms with Crippen LogP contribution in [0.1, 0.15) is 23.6 Å². The van der Waals surface area contributed by atoms with E-state index < -0.39 is 5.83 Å². The summed E-state index contributed by atoms with van der Waals surface area (Å²) in [5.74, 6) is -0.105. The van der Waals surface area contributed by atoms with Crippen LogP contribution in [-0.2, 0) is 13.0 Å². The van der Waals surface area contributed by atoms with Crippen LogP contribution in [0.4, 0.5) is 15.8 Å². The number of anilines is 2. The van der Waals surface area contributed by atoms with Gasteiger partial charge in [-0.25, -0.2) is 13.9 Å². The number of pyridine rings is 1. The molecule has 0 saturated carbocycles. The number of hydrogen-bond acceptors (Lipinski definition) is 5. The van der Waals surface area contributed by atoms with E-state index in [1.165, 1.54) is 17.3 Å². The molecule has 3 heterocycles. The van der Waals surface area contributed by atoms with Crippen molar-refractivity contribution in [3.63, 3.8) is 0 Å². The number of benzene rings is 2. The molecule has 3 N–H and O–H groups in total. The molecule has 0 spiro atoms. The minimum atomic E-state index is -0.464. The van der Waals surface area contributed by atoms with E-state index in [2.05, 4.69) is 41.0 Å². The van der Waals surface area contributed by atoms with E-state index in [4.69, 9.17) is 10.8 Å². The summed E-state index contributed by atoms with van der Waals surface area (Å²) in [6, 6.07) is 19.4. The fourth-order valence-electron chi connectivity index (χ4n) is 4.58. The summed E-state index contributed by atoms with van der Waals surface area (Å²) in [4.78, 5) is 6.55. The highest BCUT2D eigenvalue weighted by atomic mass is 19.1. The van der Waals surface area contributed by atoms with Gasteiger partial charge in [0, 0.05) is 41.8 Å². The van der Waals surface area contributed by atoms with Gasteiger partial charge in [0.25, 0.3) is 0 Å². The maximum absolute atomic E-state index is 15.4. The van der Waals surface area contributed by atoms with Gasteiger partial charge in [-0.2, -0.15) is 5.10 Å². The summed E-state index contributed by atoms with van der Waals surface area (Å²) in [6.07, 6.45) is 4.09. The molecule has 4 aromatic rings. The predicted octanol–water partition coefficient (Wildman–Crippen LogP) is 5.93. The zero-order chi connectivity index (χ0) is 25.2. The van der Waals surface area contributed by atoms with Gasteiger partial charge >= 0.3 is 0 Å². The Labute approximate surface area is 210 Å². The first-order valence-electron chi connectivity index (χ1n) is 11.9. The molecule has 0 aliphatic carbocycles. The summed E-state index contributed by atoms with van der Waals surface area (Å²) >= 11 is 0. The third-order valence-corrected chi connectivity index (χ3v) is 6.47. The molecule has 1 aliphatic heterocycles. The Morgan fingerprint density at radius 1 is 1.14 bits per heavy atom. The first-order chi connectivity index (χ1) is 17.4. The van der Waals surface area contributed by atoms with Crippen molar-refractivity contribution in [3.8, 4) is 11.3 Å². The van der Waals surface area contributed by atoms with Crippen molar-refractivity contribution in [3.05, 3.63) is 102 Å². The number of nitrogens with zero attached hydrogens (tertiary/aromatic N) is 4. The smallest absolute Gasteiger partial charge is 0.145 e. The molecule has 2 aromatic carbocycles. The van der Waals surface area contributed by atoms with Crippen LogP contribution in [0.25, 0.3) is 22.3 Å². The van der Waals surface area contributed by atoms with E-state index in [9.17, 15) is 0 Å². The van der Waals surface area contributed by atoms with E-state index in [1.807, 2.05) is 54.7 Å². The first-order valence-corrected chi connectivity index (χ1v) is 11.9. The predicted molar refractivity (Wildman–Crippen MR) is 146 cm³/mol. The van der Waals surface area contributed by atoms with Gasteiger partial charge in [-0.3, -0.25) is 0 Å². The number of nitrogen functional groups attached to an aromatic ring is 1. The number of nitrogens with two attached hydrogens (primary N) is 1. The molecule has 0 radical (unpaired) electrons. The molecule has 7 heteroatoms. The molecule has 0 atom stereocenters. The molecule has 5 rings (SSSR count). The van der Waals surface area contributed by atoms with Crippen molar-refractivity contribution in [2.75, 3.05) is 24.6 Å². The van der Waals surface area contributed by atoms with Crippen molar-refractivity contribution in [2.24, 2.45) is 4.99 Å². The number of nitrogens with one attached hydrogen (secondary N) is 1. The number of hydrogen-bond donors (Lipinski definition) is 2. The molecule has 0 fully saturated rings. The topological polar surface area (TPSA) is 70.9 Å². The lowest BCUT2D eigenvalue weighted by molar-refractivity contribution is 0.313. The minimum absolute atomic E-state index is 0.359. The van der Waals surface area contributed by atoms with E-state index in [0.29, 0.717) is 28.3 Å². The standard InChI is InChI=1S/C29H29FN6/c1-19(28-27-9-4-5-13-36(27)34-29(28)22-7-6-8-24(31)15-22)26(30)17-32-20(2)33-25-11-10-21-12-14-35(3)18-23(21)16-25/h4-11,13,15-17,33H,2,12,14,18,31H2,1,3H3/b26-19-,32-17-. The molecule has 0 bridgehead atoms. The highest BCUT2D eigenvalue weighted by molar-refractivity contribution is 5.96. The first kappa shape index (κ1) is 23.5. The Kier molecular flexibility index (Phi) is 6.40. The molecule has 0 amide bonds. The van der Waals surface area contributed by atoms with E-state index in [-0.39, 0.29) is 0 Å². The van der Waals surface area contributed by atoms with Crippen LogP contribution in [0.5, 0.6) is 0 Å². The minimum Gasteiger partial charge on any atom is -0.399 e. The Balaban J connectivity index is 1.42. The molecule has 36 heavy (non-hydrogen) atoms. The second-order valence-electron chi connectivity index (χ2n) is 9.15. The molecule has 0 saturated heterocycles. The van der Waals surface area contributed by atoms with Gasteiger partial charge in [0.05, 0.1) is 11.7 Å². The lowest BCUT2D eigenvalue weighted by Crippen LogP contribution is -2.26. The second-order valence-corrected chi connectivity index (χ2v) is 9.15. The third-order valence-electron chi connectivity index (χ3n) is 6.47. The Bertz CT molecular complexity index is 1510. The monoisotopic (exact) mass is 480 g/mol. The van der Waals surface area contributed by atoms with Crippen LogP contribution in [0, 0.1) is 0 Å². The summed E-state index contributed by atoms with van der Waals surface area (Å²) in [5, 5.41) is 7.88. The molecule has 1 aliphatic rings. The van der Waals surface area contributed by atoms with Crippen LogP contribution >= 0.6 is 0 Å². The molecule has 0 unspecified atom stereocenters. The van der Waals surface area contributed by atoms with Crippen LogP contribution in [0.3, 0.4) is 0 Å². The number of aliphatic imine (C=N–C) groups is 1. The van der Waals surface area contributed by atoms with E-state index in [1.54, 1.807) is 11.4 Å². The lowest BCUT2D eigenvalue weighted by atomic mass is 9.99. The van der Waals surface area contributed by atoms with Crippen LogP contribution in [0.15, 0.2) is 90.1 Å². The summed E-state index contributed by atoms with van der Waals surface area (Å²) in [6.45, 7) is 7.66. The molecule has 2 aromatic heterocycles. The summed E-state index contributed by atoms with van der Waals surface area (Å²) in [5.41, 5.74) is 13.6. The van der Waals surface area contributed by atoms with Crippen LogP contribution in [0.2, 0.25) is 0 Å². The van der Waals surface area contributed by atoms with E-state index in [0.717, 1.165) is 36.3 Å². The third kappa shape index (κ3) is 4.78. The Morgan fingerprint density at radius 2 is 2.00 bits per heavy atom. The van der Waals surface area contributed by atoms with Crippen molar-refractivity contribution < 1.29 is 4.39 Å². The number of aromatic nitrogens is 2. The van der Waals surface area contributed by atoms with Crippen LogP contribution in [-0.4, -0.2) is 34.3 Å². The summed E-state index contributed by atoms with van der Waals surface area (Å²) in [7, 11) is 2.12. The number of fused-ring (bicyclic) bond motifs is 2. The highest BCUT2D eigenvalue weighted by Crippen LogP contribution is 2.34. The normalized spacial score (nSPS) is 14.6. The van der Waals surface area contributed by atoms with E-state index >= 15 is 4.39 Å². The fourth-order valence-corrected chi connectivity index (χ4v) is 4.58. The number of allylic oxidation sites excluding steroid dienone is 2. The van der Waals surface area contributed by atoms with Crippen molar-refractivity contribution in [2.45, 2.75) is 19.9 Å². The van der Waals surface area contributed by atoms with Crippen molar-refractivity contribution in [1.29, 1.82) is 0 Å². The molecular formula is C29H29FN6. The van der Waals surface area contributed by atoms with Gasteiger partial charge in [0.15, 0.2) is 0 Å². The van der Waals surface area contributed by atoms with Crippen molar-refractivity contribution >= 4 is 28.7 Å². The number of halogens is 1. The quantitative estimate of drug-likeness (QED) is 0.265. The SMILES string of the molecule is C=C(/N=C\C(F)=C(/C)c1c(-c2cccc(N)c2)nn2ccccc12)Nc1ccc2c(c1)CN(C)CC2. The average molecular weight is 481 g/mol. The van der Waals surface area contributed by atoms with Gasteiger partial charge in [-0.1, -0.05) is 30.8 Å². The molecule has 6 nitrogen and oxygen atoms in total. The molecular weight excluding hydrogens is 451 g/mol. The maximum atomic E-state index is 15.4. The highest BCUT2D eigenvalue weighted by Gasteiger charge is 2.18. The van der Waals surface area contributed by atoms with Gasteiger partial charge in [0.2, 0.25) is 0 Å². The Hall–Kier alpha value is -4.23. The zero-order valence-corrected chi connectivity index (χ0v) is 20.5. The lowest BCUT2D eigenvalue weighted by Gasteiger charge is -2.25. The Morgan fingerprint density at radius 3 is 2.83 bits per heavy atom. The van der Waals surface area contributed by atoms with Gasteiger partial charge in [-0.05, 0) is 73.5 Å². The second kappa shape index (κ2) is 9.79. The van der Waals surface area contributed by atoms with Crippen molar-refractivity contribution in [1.82, 2.24) is 14.5 Å². The number of likely N-dealkylation sites (N-methyl/N-ethyl adjacent to an activating group) is 1. The number of rotatable bonds is 6. The zero-order valence-electron chi connectivity index (χ0n) is 20.5. The van der Waals surface area contributed by atoms with Gasteiger partial charge in [-0.15, -0.1) is 0 Å². The average Bonchev–Trinajstić information content (AvgIpc) is 3.26. The fraction of sp³-hybridized carbons (Fsp3) is 0.172.